The zero-order valence-electron chi connectivity index (χ0n) is 8.94. The smallest absolute Gasteiger partial charge is 0.147 e. The average Bonchev–Trinajstić information content (AvgIpc) is 2.31. The number of hydrogen-bond donors (Lipinski definition) is 1. The number of thioether (sulfide) groups is 1. The lowest BCUT2D eigenvalue weighted by atomic mass is 10.4. The molecular weight excluding hydrogens is 208 g/mol. The van der Waals surface area contributed by atoms with Crippen LogP contribution in [-0.2, 0) is 6.54 Å². The highest BCUT2D eigenvalue weighted by atomic mass is 32.2. The van der Waals surface area contributed by atoms with E-state index < -0.39 is 0 Å². The predicted octanol–water partition coefficient (Wildman–Crippen LogP) is 0.749. The van der Waals surface area contributed by atoms with Gasteiger partial charge in [0, 0.05) is 37.3 Å². The van der Waals surface area contributed by atoms with E-state index in [0.717, 1.165) is 31.1 Å². The van der Waals surface area contributed by atoms with E-state index >= 15 is 0 Å². The van der Waals surface area contributed by atoms with Gasteiger partial charge in [0.05, 0.1) is 11.9 Å². The molecule has 0 amide bonds. The van der Waals surface area contributed by atoms with Crippen molar-refractivity contribution in [1.82, 2.24) is 15.3 Å². The molecule has 5 heteroatoms. The highest BCUT2D eigenvalue weighted by molar-refractivity contribution is 7.99. The third kappa shape index (κ3) is 2.82. The molecule has 2 heterocycles. The summed E-state index contributed by atoms with van der Waals surface area (Å²) < 4.78 is 0. The van der Waals surface area contributed by atoms with E-state index in [1.54, 1.807) is 0 Å². The summed E-state index contributed by atoms with van der Waals surface area (Å²) in [7, 11) is 1.92. The van der Waals surface area contributed by atoms with E-state index in [4.69, 9.17) is 0 Å². The fraction of sp³-hybridized carbons (Fsp3) is 0.600. The predicted molar refractivity (Wildman–Crippen MR) is 64.3 cm³/mol. The van der Waals surface area contributed by atoms with Gasteiger partial charge in [-0.3, -0.25) is 4.98 Å². The molecule has 0 spiro atoms. The lowest BCUT2D eigenvalue weighted by Crippen LogP contribution is -2.33. The molecular formula is C10H16N4S. The van der Waals surface area contributed by atoms with Crippen molar-refractivity contribution in [3.8, 4) is 0 Å². The van der Waals surface area contributed by atoms with Crippen LogP contribution in [0.15, 0.2) is 12.4 Å². The standard InChI is InChI=1S/C10H16N4S/c1-11-6-9-7-12-8-10(13-9)14-2-4-15-5-3-14/h7-8,11H,2-6H2,1H3. The molecule has 0 unspecified atom stereocenters. The molecule has 4 nitrogen and oxygen atoms in total. The summed E-state index contributed by atoms with van der Waals surface area (Å²) in [5, 5.41) is 3.09. The maximum absolute atomic E-state index is 4.58. The molecule has 1 saturated heterocycles. The van der Waals surface area contributed by atoms with Gasteiger partial charge in [-0.15, -0.1) is 0 Å². The van der Waals surface area contributed by atoms with E-state index in [2.05, 4.69) is 20.2 Å². The zero-order valence-corrected chi connectivity index (χ0v) is 9.76. The molecule has 0 aromatic carbocycles. The maximum atomic E-state index is 4.58. The van der Waals surface area contributed by atoms with Crippen LogP contribution < -0.4 is 10.2 Å². The molecule has 15 heavy (non-hydrogen) atoms. The summed E-state index contributed by atoms with van der Waals surface area (Å²) in [5.41, 5.74) is 1.01. The second-order valence-corrected chi connectivity index (χ2v) is 4.72. The van der Waals surface area contributed by atoms with Gasteiger partial charge in [0.15, 0.2) is 0 Å². The number of nitrogens with zero attached hydrogens (tertiary/aromatic N) is 3. The molecule has 1 aromatic heterocycles. The van der Waals surface area contributed by atoms with Gasteiger partial charge in [-0.2, -0.15) is 11.8 Å². The first-order valence-electron chi connectivity index (χ1n) is 5.18. The number of aromatic nitrogens is 2. The van der Waals surface area contributed by atoms with Crippen molar-refractivity contribution < 1.29 is 0 Å². The molecule has 1 aromatic rings. The summed E-state index contributed by atoms with van der Waals surface area (Å²) in [6.07, 6.45) is 3.67. The minimum atomic E-state index is 0.781. The Hall–Kier alpha value is -0.810. The Labute approximate surface area is 94.5 Å². The van der Waals surface area contributed by atoms with Crippen LogP contribution in [0.1, 0.15) is 5.69 Å². The molecule has 0 aliphatic carbocycles. The Morgan fingerprint density at radius 2 is 2.20 bits per heavy atom. The molecule has 0 saturated carbocycles. The first-order chi connectivity index (χ1) is 7.40. The topological polar surface area (TPSA) is 41.1 Å². The van der Waals surface area contributed by atoms with Crippen LogP contribution in [0.3, 0.4) is 0 Å². The van der Waals surface area contributed by atoms with Crippen LogP contribution in [0.5, 0.6) is 0 Å². The zero-order chi connectivity index (χ0) is 10.5. The van der Waals surface area contributed by atoms with Crippen molar-refractivity contribution in [2.24, 2.45) is 0 Å². The monoisotopic (exact) mass is 224 g/mol. The third-order valence-corrected chi connectivity index (χ3v) is 3.31. The quantitative estimate of drug-likeness (QED) is 0.820. The normalized spacial score (nSPS) is 16.7. The van der Waals surface area contributed by atoms with Crippen LogP contribution in [0.25, 0.3) is 0 Å². The summed E-state index contributed by atoms with van der Waals surface area (Å²) in [4.78, 5) is 11.1. The highest BCUT2D eigenvalue weighted by Crippen LogP contribution is 2.16. The van der Waals surface area contributed by atoms with E-state index in [0.29, 0.717) is 0 Å². The largest absolute Gasteiger partial charge is 0.354 e. The fourth-order valence-electron chi connectivity index (χ4n) is 1.61. The SMILES string of the molecule is CNCc1cncc(N2CCSCC2)n1. The number of nitrogens with one attached hydrogen (secondary N) is 1. The minimum Gasteiger partial charge on any atom is -0.354 e. The second-order valence-electron chi connectivity index (χ2n) is 3.50. The van der Waals surface area contributed by atoms with Gasteiger partial charge in [-0.05, 0) is 7.05 Å². The number of anilines is 1. The Morgan fingerprint density at radius 3 is 2.93 bits per heavy atom. The van der Waals surface area contributed by atoms with Gasteiger partial charge >= 0.3 is 0 Å². The highest BCUT2D eigenvalue weighted by Gasteiger charge is 2.12. The van der Waals surface area contributed by atoms with Gasteiger partial charge in [0.1, 0.15) is 5.82 Å². The molecule has 82 valence electrons. The van der Waals surface area contributed by atoms with Crippen LogP contribution in [0, 0.1) is 0 Å². The lowest BCUT2D eigenvalue weighted by molar-refractivity contribution is 0.767. The van der Waals surface area contributed by atoms with E-state index in [-0.39, 0.29) is 0 Å². The Kier molecular flexibility index (Phi) is 3.80. The van der Waals surface area contributed by atoms with Crippen LogP contribution in [0.2, 0.25) is 0 Å². The minimum absolute atomic E-state index is 0.781. The van der Waals surface area contributed by atoms with E-state index in [9.17, 15) is 0 Å². The molecule has 2 rings (SSSR count). The first kappa shape index (κ1) is 10.7. The molecule has 1 aliphatic rings. The van der Waals surface area contributed by atoms with Gasteiger partial charge in [-0.25, -0.2) is 4.98 Å². The summed E-state index contributed by atoms with van der Waals surface area (Å²) >= 11 is 2.01. The average molecular weight is 224 g/mol. The van der Waals surface area contributed by atoms with Crippen LogP contribution in [0.4, 0.5) is 5.82 Å². The number of rotatable bonds is 3. The molecule has 1 aliphatic heterocycles. The fourth-order valence-corrected chi connectivity index (χ4v) is 2.51. The lowest BCUT2D eigenvalue weighted by Gasteiger charge is -2.27. The van der Waals surface area contributed by atoms with Gasteiger partial charge in [0.25, 0.3) is 0 Å². The van der Waals surface area contributed by atoms with Crippen molar-refractivity contribution in [3.05, 3.63) is 18.1 Å². The van der Waals surface area contributed by atoms with Gasteiger partial charge < -0.3 is 10.2 Å². The van der Waals surface area contributed by atoms with Crippen LogP contribution >= 0.6 is 11.8 Å². The summed E-state index contributed by atoms with van der Waals surface area (Å²) in [5.74, 6) is 3.40. The molecule has 0 radical (unpaired) electrons. The first-order valence-corrected chi connectivity index (χ1v) is 6.34. The van der Waals surface area contributed by atoms with Crippen molar-refractivity contribution in [2.45, 2.75) is 6.54 Å². The van der Waals surface area contributed by atoms with Gasteiger partial charge in [0.2, 0.25) is 0 Å². The maximum Gasteiger partial charge on any atom is 0.147 e. The Balaban J connectivity index is 2.09. The van der Waals surface area contributed by atoms with Crippen molar-refractivity contribution in [3.63, 3.8) is 0 Å². The van der Waals surface area contributed by atoms with Crippen LogP contribution in [-0.4, -0.2) is 41.6 Å². The number of hydrogen-bond acceptors (Lipinski definition) is 5. The Bertz CT molecular complexity index is 312. The van der Waals surface area contributed by atoms with Crippen molar-refractivity contribution >= 4 is 17.6 Å². The summed E-state index contributed by atoms with van der Waals surface area (Å²) in [6, 6.07) is 0. The molecule has 0 atom stereocenters. The molecule has 1 N–H and O–H groups in total. The Morgan fingerprint density at radius 1 is 1.40 bits per heavy atom. The molecule has 0 bridgehead atoms. The van der Waals surface area contributed by atoms with E-state index in [1.807, 2.05) is 31.2 Å². The van der Waals surface area contributed by atoms with Crippen molar-refractivity contribution in [2.75, 3.05) is 36.5 Å². The second kappa shape index (κ2) is 5.32. The van der Waals surface area contributed by atoms with Gasteiger partial charge in [-0.1, -0.05) is 0 Å². The summed E-state index contributed by atoms with van der Waals surface area (Å²) in [6.45, 7) is 2.95. The third-order valence-electron chi connectivity index (χ3n) is 2.36. The van der Waals surface area contributed by atoms with Crippen molar-refractivity contribution in [1.29, 1.82) is 0 Å². The molecule has 1 fully saturated rings. The van der Waals surface area contributed by atoms with E-state index in [1.165, 1.54) is 11.5 Å².